The van der Waals surface area contributed by atoms with Crippen molar-refractivity contribution in [3.63, 3.8) is 0 Å². The van der Waals surface area contributed by atoms with Gasteiger partial charge >= 0.3 is 19.8 Å². The first-order valence-corrected chi connectivity index (χ1v) is 37.4. The summed E-state index contributed by atoms with van der Waals surface area (Å²) in [6.45, 7) is -5.53. The lowest BCUT2D eigenvalue weighted by atomic mass is 10.0. The molecule has 0 aromatic carbocycles. The zero-order valence-electron chi connectivity index (χ0n) is 58.4. The highest BCUT2D eigenvalue weighted by atomic mass is 31.2. The number of esters is 2. The summed E-state index contributed by atoms with van der Waals surface area (Å²) in [6.07, 6.45) is 28.6. The average Bonchev–Trinajstić information content (AvgIpc) is 1.74. The molecule has 0 saturated heterocycles. The van der Waals surface area contributed by atoms with Crippen molar-refractivity contribution in [2.45, 2.75) is 275 Å². The van der Waals surface area contributed by atoms with Crippen LogP contribution in [-0.2, 0) is 70.8 Å². The van der Waals surface area contributed by atoms with Gasteiger partial charge in [-0.05, 0) is 12.8 Å². The largest absolute Gasteiger partial charge is 0.472 e. The zero-order chi connectivity index (χ0) is 71.1. The van der Waals surface area contributed by atoms with Crippen molar-refractivity contribution in [2.75, 3.05) is 119 Å². The lowest BCUT2D eigenvalue weighted by Gasteiger charge is -2.27. The number of amides is 4. The molecule has 29 heteroatoms. The SMILES string of the molecule is CCCCCCCCCCCCCCCCCC(=O)OCC(COP(=O)(O)OCCNC(=O)CCC(=O)N(CC(=O)NC(COC(CO)CO)COC(CO)CO)CC(=O)NC(COC(CO)CO)COC(CO)CO)OC(=O)CCCCCCCCCCCCCCCCC. The van der Waals surface area contributed by atoms with E-state index < -0.39 is 185 Å². The summed E-state index contributed by atoms with van der Waals surface area (Å²) in [7, 11) is -4.88. The van der Waals surface area contributed by atoms with E-state index in [1.165, 1.54) is 128 Å². The summed E-state index contributed by atoms with van der Waals surface area (Å²) >= 11 is 0. The molecule has 0 saturated carbocycles. The van der Waals surface area contributed by atoms with Crippen LogP contribution in [0.15, 0.2) is 0 Å². The molecule has 0 rings (SSSR count). The number of ether oxygens (including phenoxy) is 6. The second kappa shape index (κ2) is 64.8. The fourth-order valence-corrected chi connectivity index (χ4v) is 10.7. The Hall–Kier alpha value is -3.55. The number of hydrogen-bond acceptors (Lipinski definition) is 23. The van der Waals surface area contributed by atoms with E-state index in [2.05, 4.69) is 29.8 Å². The highest BCUT2D eigenvalue weighted by Gasteiger charge is 2.29. The van der Waals surface area contributed by atoms with E-state index in [4.69, 9.17) is 37.5 Å². The van der Waals surface area contributed by atoms with Crippen molar-refractivity contribution in [2.24, 2.45) is 0 Å². The van der Waals surface area contributed by atoms with Gasteiger partial charge in [0.1, 0.15) is 44.1 Å². The van der Waals surface area contributed by atoms with Gasteiger partial charge in [0.15, 0.2) is 6.10 Å². The molecule has 0 aromatic heterocycles. The monoisotopic (exact) mass is 1400 g/mol. The van der Waals surface area contributed by atoms with Crippen molar-refractivity contribution < 1.29 is 117 Å². The second-order valence-corrected chi connectivity index (χ2v) is 26.2. The number of aliphatic hydroxyl groups excluding tert-OH is 8. The molecular formula is C67H129N4O24P. The molecule has 566 valence electrons. The van der Waals surface area contributed by atoms with Crippen LogP contribution in [0.3, 0.4) is 0 Å². The molecule has 12 N–H and O–H groups in total. The van der Waals surface area contributed by atoms with Crippen molar-refractivity contribution in [1.29, 1.82) is 0 Å². The van der Waals surface area contributed by atoms with E-state index in [-0.39, 0.29) is 45.8 Å². The molecule has 0 aliphatic heterocycles. The predicted octanol–water partition coefficient (Wildman–Crippen LogP) is 5.27. The maximum absolute atomic E-state index is 13.8. The Morgan fingerprint density at radius 1 is 0.375 bits per heavy atom. The minimum absolute atomic E-state index is 0.0838. The van der Waals surface area contributed by atoms with Crippen LogP contribution in [0.25, 0.3) is 0 Å². The number of aliphatic hydroxyl groups is 8. The number of carbonyl (C=O) groups is 6. The Balaban J connectivity index is 5.75. The molecule has 0 aliphatic carbocycles. The van der Waals surface area contributed by atoms with E-state index >= 15 is 0 Å². The minimum Gasteiger partial charge on any atom is -0.462 e. The first-order chi connectivity index (χ1) is 46.5. The number of rotatable bonds is 71. The molecule has 0 aliphatic rings. The number of nitrogens with zero attached hydrogens (tertiary/aromatic N) is 1. The molecule has 2 unspecified atom stereocenters. The average molecular weight is 1410 g/mol. The van der Waals surface area contributed by atoms with Gasteiger partial charge in [-0.15, -0.1) is 0 Å². The fraction of sp³-hybridized carbons (Fsp3) is 0.910. The van der Waals surface area contributed by atoms with Gasteiger partial charge in [-0.3, -0.25) is 37.8 Å². The van der Waals surface area contributed by atoms with Gasteiger partial charge in [-0.1, -0.05) is 194 Å². The number of phosphoric ester groups is 1. The molecular weight excluding hydrogens is 1280 g/mol. The summed E-state index contributed by atoms with van der Waals surface area (Å²) < 4.78 is 56.2. The topological polar surface area (TPSA) is 415 Å². The van der Waals surface area contributed by atoms with Crippen LogP contribution in [0.4, 0.5) is 0 Å². The predicted molar refractivity (Wildman–Crippen MR) is 360 cm³/mol. The van der Waals surface area contributed by atoms with Crippen LogP contribution in [0.1, 0.15) is 232 Å². The van der Waals surface area contributed by atoms with Crippen molar-refractivity contribution >= 4 is 43.4 Å². The molecule has 0 heterocycles. The summed E-state index contributed by atoms with van der Waals surface area (Å²) in [4.78, 5) is 91.3. The molecule has 96 heavy (non-hydrogen) atoms. The normalized spacial score (nSPS) is 12.7. The minimum atomic E-state index is -4.88. The highest BCUT2D eigenvalue weighted by molar-refractivity contribution is 7.47. The lowest BCUT2D eigenvalue weighted by molar-refractivity contribution is -0.161. The standard InChI is InChI=1S/C67H129N4O24P/c1-3-5-7-9-11-13-15-17-19-21-23-25-27-29-31-33-66(84)92-53-61(95-67(85)34-32-30-28-26-24-22-20-18-16-14-12-10-8-6-4-2)54-94-96(86,87)93-38-37-68-62(80)35-36-65(83)71(39-63(81)69-55(49-88-57(41-72)42-73)50-89-58(43-74)44-75)40-64(82)70-56(51-90-59(45-76)46-77)52-91-60(47-78)48-79/h55-61,72-79H,3-54H2,1-2H3,(H,68,80)(H,69,81)(H,70,82)(H,86,87). The lowest BCUT2D eigenvalue weighted by Crippen LogP contribution is -2.52. The van der Waals surface area contributed by atoms with E-state index in [9.17, 15) is 79.1 Å². The number of carbonyl (C=O) groups excluding carboxylic acids is 6. The number of phosphoric acid groups is 1. The molecule has 0 fully saturated rings. The third-order valence-corrected chi connectivity index (χ3v) is 16.9. The molecule has 4 amide bonds. The van der Waals surface area contributed by atoms with Gasteiger partial charge in [-0.25, -0.2) is 4.57 Å². The summed E-state index contributed by atoms with van der Waals surface area (Å²) in [5.41, 5.74) is 0. The van der Waals surface area contributed by atoms with E-state index in [1.807, 2.05) is 0 Å². The first kappa shape index (κ1) is 92.4. The summed E-state index contributed by atoms with van der Waals surface area (Å²) in [5, 5.41) is 83.7. The number of nitrogens with one attached hydrogen (secondary N) is 3. The van der Waals surface area contributed by atoms with Gasteiger partial charge in [0.25, 0.3) is 0 Å². The summed E-state index contributed by atoms with van der Waals surface area (Å²) in [5.74, 6) is -4.58. The van der Waals surface area contributed by atoms with Crippen molar-refractivity contribution in [1.82, 2.24) is 20.9 Å². The molecule has 0 radical (unpaired) electrons. The maximum atomic E-state index is 13.8. The maximum Gasteiger partial charge on any atom is 0.472 e. The van der Waals surface area contributed by atoms with Crippen LogP contribution in [0, 0.1) is 0 Å². The van der Waals surface area contributed by atoms with Crippen LogP contribution in [0.2, 0.25) is 0 Å². The third kappa shape index (κ3) is 55.3. The first-order valence-electron chi connectivity index (χ1n) is 35.9. The quantitative estimate of drug-likeness (QED) is 0.0209. The Morgan fingerprint density at radius 2 is 0.698 bits per heavy atom. The van der Waals surface area contributed by atoms with Gasteiger partial charge in [-0.2, -0.15) is 0 Å². The van der Waals surface area contributed by atoms with E-state index in [0.717, 1.165) is 56.3 Å². The number of unbranched alkanes of at least 4 members (excludes halogenated alkanes) is 28. The Labute approximate surface area is 572 Å². The van der Waals surface area contributed by atoms with Crippen LogP contribution in [-0.4, -0.2) is 248 Å². The second-order valence-electron chi connectivity index (χ2n) is 24.7. The van der Waals surface area contributed by atoms with Gasteiger partial charge < -0.3 is 95.0 Å². The van der Waals surface area contributed by atoms with Gasteiger partial charge in [0.2, 0.25) is 23.6 Å². The molecule has 2 atom stereocenters. The molecule has 0 aromatic rings. The summed E-state index contributed by atoms with van der Waals surface area (Å²) in [6, 6.07) is -2.15. The van der Waals surface area contributed by atoms with E-state index in [1.54, 1.807) is 0 Å². The Morgan fingerprint density at radius 3 is 1.03 bits per heavy atom. The smallest absolute Gasteiger partial charge is 0.462 e. The van der Waals surface area contributed by atoms with Crippen LogP contribution in [0.5, 0.6) is 0 Å². The van der Waals surface area contributed by atoms with Crippen molar-refractivity contribution in [3.05, 3.63) is 0 Å². The van der Waals surface area contributed by atoms with Crippen molar-refractivity contribution in [3.8, 4) is 0 Å². The molecule has 28 nitrogen and oxygen atoms in total. The Kier molecular flexibility index (Phi) is 62.4. The Bertz CT molecular complexity index is 1850. The zero-order valence-corrected chi connectivity index (χ0v) is 59.2. The molecule has 0 bridgehead atoms. The van der Waals surface area contributed by atoms with Gasteiger partial charge in [0.05, 0.1) is 105 Å². The third-order valence-electron chi connectivity index (χ3n) is 15.9. The van der Waals surface area contributed by atoms with Gasteiger partial charge in [0, 0.05) is 32.2 Å². The van der Waals surface area contributed by atoms with E-state index in [0.29, 0.717) is 12.8 Å². The van der Waals surface area contributed by atoms with Crippen LogP contribution >= 0.6 is 7.82 Å². The number of hydrogen-bond donors (Lipinski definition) is 12. The molecule has 0 spiro atoms. The fourth-order valence-electron chi connectivity index (χ4n) is 9.98. The highest BCUT2D eigenvalue weighted by Crippen LogP contribution is 2.43. The van der Waals surface area contributed by atoms with Crippen LogP contribution < -0.4 is 16.0 Å².